The molecule has 0 atom stereocenters. The van der Waals surface area contributed by atoms with Crippen molar-refractivity contribution in [3.8, 4) is 17.0 Å². The molecule has 0 aliphatic rings. The van der Waals surface area contributed by atoms with E-state index < -0.39 is 0 Å². The largest absolute Gasteiger partial charge is 0.496 e. The zero-order valence-corrected chi connectivity index (χ0v) is 13.4. The molecule has 3 N–H and O–H groups in total. The fourth-order valence-corrected chi connectivity index (χ4v) is 2.47. The minimum atomic E-state index is -0.373. The highest BCUT2D eigenvalue weighted by molar-refractivity contribution is 6.08. The average Bonchev–Trinajstić information content (AvgIpc) is 3.12. The summed E-state index contributed by atoms with van der Waals surface area (Å²) in [6, 6.07) is 10.7. The normalized spacial score (nSPS) is 10.5. The molecule has 0 aliphatic heterocycles. The number of methoxy groups -OCH3 is 1. The molecular formula is C18H16FN3O3. The van der Waals surface area contributed by atoms with Crippen LogP contribution in [0.2, 0.25) is 0 Å². The molecule has 2 aromatic carbocycles. The van der Waals surface area contributed by atoms with Crippen molar-refractivity contribution in [1.29, 1.82) is 0 Å². The van der Waals surface area contributed by atoms with Crippen molar-refractivity contribution in [2.75, 3.05) is 12.4 Å². The van der Waals surface area contributed by atoms with Gasteiger partial charge in [-0.05, 0) is 42.5 Å². The van der Waals surface area contributed by atoms with Crippen LogP contribution in [0.15, 0.2) is 48.7 Å². The van der Waals surface area contributed by atoms with E-state index in [9.17, 15) is 14.3 Å². The monoisotopic (exact) mass is 341 g/mol. The number of H-pyrrole nitrogens is 1. The Kier molecular flexibility index (Phi) is 4.76. The number of carbonyl (C=O) groups excluding carboxylic acids is 1. The van der Waals surface area contributed by atoms with Gasteiger partial charge in [0.2, 0.25) is 0 Å². The number of aliphatic hydroxyl groups excluding tert-OH is 1. The molecule has 7 heteroatoms. The van der Waals surface area contributed by atoms with E-state index in [1.165, 1.54) is 25.4 Å². The summed E-state index contributed by atoms with van der Waals surface area (Å²) in [5.41, 5.74) is 2.54. The number of aromatic nitrogens is 2. The van der Waals surface area contributed by atoms with Crippen LogP contribution in [0.5, 0.6) is 5.75 Å². The molecule has 1 amide bonds. The second-order valence-electron chi connectivity index (χ2n) is 5.30. The molecule has 1 heterocycles. The van der Waals surface area contributed by atoms with E-state index in [4.69, 9.17) is 4.74 Å². The highest BCUT2D eigenvalue weighted by atomic mass is 19.1. The molecule has 128 valence electrons. The number of carbonyl (C=O) groups is 1. The summed E-state index contributed by atoms with van der Waals surface area (Å²) < 4.78 is 18.2. The van der Waals surface area contributed by atoms with E-state index in [1.807, 2.05) is 0 Å². The van der Waals surface area contributed by atoms with E-state index in [0.717, 1.165) is 0 Å². The van der Waals surface area contributed by atoms with Gasteiger partial charge in [0.25, 0.3) is 5.91 Å². The summed E-state index contributed by atoms with van der Waals surface area (Å²) >= 11 is 0. The van der Waals surface area contributed by atoms with Crippen LogP contribution in [-0.2, 0) is 6.61 Å². The third kappa shape index (κ3) is 3.51. The maximum atomic E-state index is 13.1. The lowest BCUT2D eigenvalue weighted by Crippen LogP contribution is -2.12. The standard InChI is InChI=1S/C18H16FN3O3/c1-25-16-7-6-14(8-12(16)10-23)21-18(24)15-9-20-22-17(15)11-2-4-13(19)5-3-11/h2-9,23H,10H2,1H3,(H,20,22)(H,21,24). The number of halogens is 1. The van der Waals surface area contributed by atoms with E-state index in [1.54, 1.807) is 30.3 Å². The van der Waals surface area contributed by atoms with Crippen LogP contribution in [0.3, 0.4) is 0 Å². The number of hydrogen-bond acceptors (Lipinski definition) is 4. The van der Waals surface area contributed by atoms with Crippen LogP contribution in [0.1, 0.15) is 15.9 Å². The molecule has 25 heavy (non-hydrogen) atoms. The van der Waals surface area contributed by atoms with Crippen LogP contribution >= 0.6 is 0 Å². The number of anilines is 1. The van der Waals surface area contributed by atoms with Crippen molar-refractivity contribution < 1.29 is 19.0 Å². The molecule has 0 fully saturated rings. The number of nitrogens with one attached hydrogen (secondary N) is 2. The molecule has 3 aromatic rings. The SMILES string of the molecule is COc1ccc(NC(=O)c2cn[nH]c2-c2ccc(F)cc2)cc1CO. The number of hydrogen-bond donors (Lipinski definition) is 3. The molecule has 0 saturated carbocycles. The molecule has 0 aliphatic carbocycles. The molecule has 0 saturated heterocycles. The Morgan fingerprint density at radius 2 is 2.04 bits per heavy atom. The maximum absolute atomic E-state index is 13.1. The van der Waals surface area contributed by atoms with Gasteiger partial charge in [-0.25, -0.2) is 4.39 Å². The lowest BCUT2D eigenvalue weighted by Gasteiger charge is -2.10. The number of amides is 1. The zero-order chi connectivity index (χ0) is 17.8. The van der Waals surface area contributed by atoms with Crippen molar-refractivity contribution >= 4 is 11.6 Å². The van der Waals surface area contributed by atoms with Crippen molar-refractivity contribution in [3.63, 3.8) is 0 Å². The van der Waals surface area contributed by atoms with Crippen molar-refractivity contribution in [3.05, 3.63) is 65.6 Å². The summed E-state index contributed by atoms with van der Waals surface area (Å²) in [6.45, 7) is -0.209. The third-order valence-electron chi connectivity index (χ3n) is 3.73. The quantitative estimate of drug-likeness (QED) is 0.666. The first-order chi connectivity index (χ1) is 12.1. The Balaban J connectivity index is 1.85. The molecule has 0 radical (unpaired) electrons. The summed E-state index contributed by atoms with van der Waals surface area (Å²) in [4.78, 5) is 12.6. The molecular weight excluding hydrogens is 325 g/mol. The van der Waals surface area contributed by atoms with E-state index in [2.05, 4.69) is 15.5 Å². The Bertz CT molecular complexity index is 891. The lowest BCUT2D eigenvalue weighted by molar-refractivity contribution is 0.102. The Labute approximate surface area is 143 Å². The van der Waals surface area contributed by atoms with Crippen molar-refractivity contribution in [1.82, 2.24) is 10.2 Å². The summed E-state index contributed by atoms with van der Waals surface area (Å²) in [6.07, 6.45) is 1.41. The number of rotatable bonds is 5. The predicted molar refractivity (Wildman–Crippen MR) is 90.9 cm³/mol. The fraction of sp³-hybridized carbons (Fsp3) is 0.111. The fourth-order valence-electron chi connectivity index (χ4n) is 2.47. The second-order valence-corrected chi connectivity index (χ2v) is 5.30. The average molecular weight is 341 g/mol. The second kappa shape index (κ2) is 7.14. The zero-order valence-electron chi connectivity index (χ0n) is 13.4. The number of benzene rings is 2. The van der Waals surface area contributed by atoms with Gasteiger partial charge in [0.15, 0.2) is 0 Å². The molecule has 0 bridgehead atoms. The van der Waals surface area contributed by atoms with E-state index >= 15 is 0 Å². The number of aromatic amines is 1. The van der Waals surface area contributed by atoms with Gasteiger partial charge < -0.3 is 15.2 Å². The van der Waals surface area contributed by atoms with Crippen molar-refractivity contribution in [2.45, 2.75) is 6.61 Å². The van der Waals surface area contributed by atoms with Crippen LogP contribution < -0.4 is 10.1 Å². The molecule has 3 rings (SSSR count). The van der Waals surface area contributed by atoms with Gasteiger partial charge in [-0.1, -0.05) is 0 Å². The highest BCUT2D eigenvalue weighted by Crippen LogP contribution is 2.25. The van der Waals surface area contributed by atoms with E-state index in [0.29, 0.717) is 33.8 Å². The van der Waals surface area contributed by atoms with Crippen LogP contribution in [0.25, 0.3) is 11.3 Å². The third-order valence-corrected chi connectivity index (χ3v) is 3.73. The first-order valence-electron chi connectivity index (χ1n) is 7.51. The van der Waals surface area contributed by atoms with Gasteiger partial charge in [0.05, 0.1) is 31.2 Å². The predicted octanol–water partition coefficient (Wildman–Crippen LogP) is 2.97. The first kappa shape index (κ1) is 16.7. The van der Waals surface area contributed by atoms with Gasteiger partial charge in [-0.3, -0.25) is 9.89 Å². The summed E-state index contributed by atoms with van der Waals surface area (Å²) in [7, 11) is 1.51. The van der Waals surface area contributed by atoms with Gasteiger partial charge in [-0.15, -0.1) is 0 Å². The summed E-state index contributed by atoms with van der Waals surface area (Å²) in [5.74, 6) is -0.193. The molecule has 0 spiro atoms. The summed E-state index contributed by atoms with van der Waals surface area (Å²) in [5, 5.41) is 18.8. The number of aliphatic hydroxyl groups is 1. The van der Waals surface area contributed by atoms with E-state index in [-0.39, 0.29) is 18.3 Å². The van der Waals surface area contributed by atoms with Crippen LogP contribution in [0.4, 0.5) is 10.1 Å². The molecule has 1 aromatic heterocycles. The lowest BCUT2D eigenvalue weighted by atomic mass is 10.1. The van der Waals surface area contributed by atoms with Crippen LogP contribution in [-0.4, -0.2) is 28.3 Å². The first-order valence-corrected chi connectivity index (χ1v) is 7.51. The molecule has 6 nitrogen and oxygen atoms in total. The number of nitrogens with zero attached hydrogens (tertiary/aromatic N) is 1. The van der Waals surface area contributed by atoms with Gasteiger partial charge in [-0.2, -0.15) is 5.10 Å². The highest BCUT2D eigenvalue weighted by Gasteiger charge is 2.16. The minimum absolute atomic E-state index is 0.209. The van der Waals surface area contributed by atoms with Crippen molar-refractivity contribution in [2.24, 2.45) is 0 Å². The smallest absolute Gasteiger partial charge is 0.259 e. The Hall–Kier alpha value is -3.19. The number of ether oxygens (including phenoxy) is 1. The topological polar surface area (TPSA) is 87.2 Å². The molecule has 0 unspecified atom stereocenters. The van der Waals surface area contributed by atoms with Gasteiger partial charge in [0.1, 0.15) is 11.6 Å². The Morgan fingerprint density at radius 3 is 2.72 bits per heavy atom. The van der Waals surface area contributed by atoms with Gasteiger partial charge >= 0.3 is 0 Å². The minimum Gasteiger partial charge on any atom is -0.496 e. The maximum Gasteiger partial charge on any atom is 0.259 e. The Morgan fingerprint density at radius 1 is 1.28 bits per heavy atom. The van der Waals surface area contributed by atoms with Gasteiger partial charge in [0, 0.05) is 16.8 Å². The van der Waals surface area contributed by atoms with Crippen LogP contribution in [0, 0.1) is 5.82 Å².